The van der Waals surface area contributed by atoms with Crippen LogP contribution in [0.1, 0.15) is 0 Å². The molecule has 0 atom stereocenters. The van der Waals surface area contributed by atoms with Gasteiger partial charge in [-0.05, 0) is 50.1 Å². The third-order valence-electron chi connectivity index (χ3n) is 9.63. The van der Waals surface area contributed by atoms with Crippen LogP contribution in [0.15, 0.2) is 204 Å². The van der Waals surface area contributed by atoms with Gasteiger partial charge in [0.2, 0.25) is 0 Å². The first-order valence-corrected chi connectivity index (χ1v) is 19.7. The maximum absolute atomic E-state index is 5.14. The van der Waals surface area contributed by atoms with Crippen molar-refractivity contribution in [2.45, 2.75) is 9.79 Å². The SMILES string of the molecule is c1ccc(-c2cc(-c3ccccc3)nc(-c3cccc(-c4cccc5c4Sc4ccccc4[Si]5(c4ccccc4)c4ccccc4)c3)n2)cc1. The smallest absolute Gasteiger partial charge is 0.181 e. The molecule has 0 aliphatic carbocycles. The maximum Gasteiger partial charge on any atom is 0.181 e. The van der Waals surface area contributed by atoms with E-state index >= 15 is 0 Å². The lowest BCUT2D eigenvalue weighted by molar-refractivity contribution is 1.18. The van der Waals surface area contributed by atoms with Crippen molar-refractivity contribution < 1.29 is 0 Å². The first-order chi connectivity index (χ1) is 24.8. The van der Waals surface area contributed by atoms with Crippen LogP contribution >= 0.6 is 11.8 Å². The van der Waals surface area contributed by atoms with Gasteiger partial charge in [-0.3, -0.25) is 0 Å². The monoisotopic (exact) mass is 672 g/mol. The van der Waals surface area contributed by atoms with E-state index in [1.807, 2.05) is 23.9 Å². The Hall–Kier alpha value is -5.81. The first-order valence-electron chi connectivity index (χ1n) is 16.9. The van der Waals surface area contributed by atoms with E-state index in [-0.39, 0.29) is 0 Å². The van der Waals surface area contributed by atoms with Crippen molar-refractivity contribution in [1.29, 1.82) is 0 Å². The van der Waals surface area contributed by atoms with E-state index < -0.39 is 8.07 Å². The molecule has 0 N–H and O–H groups in total. The van der Waals surface area contributed by atoms with Crippen molar-refractivity contribution in [2.24, 2.45) is 0 Å². The zero-order valence-electron chi connectivity index (χ0n) is 27.3. The molecule has 2 heterocycles. The second kappa shape index (κ2) is 12.9. The van der Waals surface area contributed by atoms with Gasteiger partial charge in [-0.25, -0.2) is 9.97 Å². The second-order valence-corrected chi connectivity index (χ2v) is 17.3. The van der Waals surface area contributed by atoms with Gasteiger partial charge in [0.25, 0.3) is 0 Å². The summed E-state index contributed by atoms with van der Waals surface area (Å²) in [5.41, 5.74) is 7.34. The molecule has 0 saturated carbocycles. The quantitative estimate of drug-likeness (QED) is 0.165. The Morgan fingerprint density at radius 1 is 0.380 bits per heavy atom. The molecule has 0 radical (unpaired) electrons. The third kappa shape index (κ3) is 5.21. The van der Waals surface area contributed by atoms with E-state index in [1.54, 1.807) is 0 Å². The average molecular weight is 673 g/mol. The van der Waals surface area contributed by atoms with Crippen LogP contribution in [0.25, 0.3) is 45.0 Å². The predicted octanol–water partition coefficient (Wildman–Crippen LogP) is 8.99. The van der Waals surface area contributed by atoms with Crippen LogP contribution in [0, 0.1) is 0 Å². The highest BCUT2D eigenvalue weighted by Crippen LogP contribution is 2.40. The van der Waals surface area contributed by atoms with Gasteiger partial charge >= 0.3 is 0 Å². The normalized spacial score (nSPS) is 12.9. The zero-order chi connectivity index (χ0) is 33.3. The Kier molecular flexibility index (Phi) is 7.81. The van der Waals surface area contributed by atoms with Crippen molar-refractivity contribution in [3.8, 4) is 45.0 Å². The molecule has 7 aromatic carbocycles. The topological polar surface area (TPSA) is 25.8 Å². The molecule has 0 unspecified atom stereocenters. The van der Waals surface area contributed by atoms with E-state index in [1.165, 1.54) is 36.1 Å². The van der Waals surface area contributed by atoms with Crippen LogP contribution in [0.4, 0.5) is 0 Å². The lowest BCUT2D eigenvalue weighted by Crippen LogP contribution is -2.76. The van der Waals surface area contributed by atoms with Gasteiger partial charge in [-0.15, -0.1) is 0 Å². The number of aromatic nitrogens is 2. The van der Waals surface area contributed by atoms with Gasteiger partial charge in [0.05, 0.1) is 11.4 Å². The molecular weight excluding hydrogens is 641 g/mol. The second-order valence-electron chi connectivity index (χ2n) is 12.5. The Bertz CT molecular complexity index is 2350. The Labute approximate surface area is 298 Å². The van der Waals surface area contributed by atoms with Crippen molar-refractivity contribution in [3.05, 3.63) is 194 Å². The lowest BCUT2D eigenvalue weighted by Gasteiger charge is -2.40. The highest BCUT2D eigenvalue weighted by molar-refractivity contribution is 8.00. The van der Waals surface area contributed by atoms with E-state index in [0.29, 0.717) is 5.82 Å². The molecule has 236 valence electrons. The fourth-order valence-corrected chi connectivity index (χ4v) is 14.5. The number of hydrogen-bond donors (Lipinski definition) is 0. The lowest BCUT2D eigenvalue weighted by atomic mass is 10.0. The van der Waals surface area contributed by atoms with Crippen molar-refractivity contribution >= 4 is 40.6 Å². The molecule has 1 aliphatic heterocycles. The number of benzene rings is 7. The van der Waals surface area contributed by atoms with Crippen LogP contribution in [0.5, 0.6) is 0 Å². The molecule has 8 aromatic rings. The molecule has 0 fully saturated rings. The van der Waals surface area contributed by atoms with Crippen molar-refractivity contribution in [2.75, 3.05) is 0 Å². The fourth-order valence-electron chi connectivity index (χ4n) is 7.37. The molecule has 4 heteroatoms. The highest BCUT2D eigenvalue weighted by Gasteiger charge is 2.47. The summed E-state index contributed by atoms with van der Waals surface area (Å²) < 4.78 is 0. The Morgan fingerprint density at radius 3 is 1.48 bits per heavy atom. The summed E-state index contributed by atoms with van der Waals surface area (Å²) in [5, 5.41) is 5.66. The minimum absolute atomic E-state index is 0.715. The van der Waals surface area contributed by atoms with E-state index in [2.05, 4.69) is 182 Å². The molecular formula is C46H32N2SSi. The van der Waals surface area contributed by atoms with E-state index in [0.717, 1.165) is 33.6 Å². The van der Waals surface area contributed by atoms with Gasteiger partial charge in [0.15, 0.2) is 13.9 Å². The Balaban J connectivity index is 1.25. The van der Waals surface area contributed by atoms with E-state index in [9.17, 15) is 0 Å². The molecule has 0 bridgehead atoms. The molecule has 0 saturated heterocycles. The Morgan fingerprint density at radius 2 is 0.860 bits per heavy atom. The number of rotatable bonds is 6. The van der Waals surface area contributed by atoms with Gasteiger partial charge in [0.1, 0.15) is 0 Å². The molecule has 0 amide bonds. The zero-order valence-corrected chi connectivity index (χ0v) is 29.1. The summed E-state index contributed by atoms with van der Waals surface area (Å²) in [6.07, 6.45) is 0. The summed E-state index contributed by atoms with van der Waals surface area (Å²) in [6.45, 7) is 0. The minimum Gasteiger partial charge on any atom is -0.228 e. The first kappa shape index (κ1) is 30.3. The van der Waals surface area contributed by atoms with Crippen LogP contribution in [-0.2, 0) is 0 Å². The summed E-state index contributed by atoms with van der Waals surface area (Å²) in [4.78, 5) is 12.9. The summed E-state index contributed by atoms with van der Waals surface area (Å²) in [7, 11) is -2.65. The van der Waals surface area contributed by atoms with Crippen LogP contribution in [0.2, 0.25) is 0 Å². The predicted molar refractivity (Wildman–Crippen MR) is 212 cm³/mol. The highest BCUT2D eigenvalue weighted by atomic mass is 32.2. The van der Waals surface area contributed by atoms with Crippen molar-refractivity contribution in [1.82, 2.24) is 9.97 Å². The van der Waals surface area contributed by atoms with Crippen LogP contribution in [-0.4, -0.2) is 18.0 Å². The third-order valence-corrected chi connectivity index (χ3v) is 16.1. The van der Waals surface area contributed by atoms with Crippen molar-refractivity contribution in [3.63, 3.8) is 0 Å². The largest absolute Gasteiger partial charge is 0.228 e. The molecule has 1 aromatic heterocycles. The van der Waals surface area contributed by atoms with Gasteiger partial charge in [0, 0.05) is 26.5 Å². The maximum atomic E-state index is 5.14. The molecule has 2 nitrogen and oxygen atoms in total. The number of nitrogens with zero attached hydrogens (tertiary/aromatic N) is 2. The van der Waals surface area contributed by atoms with Crippen LogP contribution in [0.3, 0.4) is 0 Å². The summed E-state index contributed by atoms with van der Waals surface area (Å²) >= 11 is 1.90. The van der Waals surface area contributed by atoms with Gasteiger partial charge < -0.3 is 0 Å². The van der Waals surface area contributed by atoms with E-state index in [4.69, 9.17) is 9.97 Å². The minimum atomic E-state index is -2.65. The summed E-state index contributed by atoms with van der Waals surface area (Å²) in [5.74, 6) is 0.715. The molecule has 50 heavy (non-hydrogen) atoms. The van der Waals surface area contributed by atoms with Gasteiger partial charge in [-0.2, -0.15) is 0 Å². The number of hydrogen-bond acceptors (Lipinski definition) is 3. The average Bonchev–Trinajstić information content (AvgIpc) is 3.21. The van der Waals surface area contributed by atoms with Crippen LogP contribution < -0.4 is 20.7 Å². The molecule has 9 rings (SSSR count). The molecule has 1 aliphatic rings. The standard InChI is InChI=1S/C46H32N2SSi/c1-5-17-33(18-6-1)40-32-41(34-19-7-2-8-20-34)48-46(47-40)36-22-15-21-35(31-36)39-27-16-30-44-45(39)49-42-28-13-14-29-43(42)50(44,37-23-9-3-10-24-37)38-25-11-4-12-26-38/h1-32H. The molecule has 0 spiro atoms. The van der Waals surface area contributed by atoms with Gasteiger partial charge in [-0.1, -0.05) is 188 Å². The summed E-state index contributed by atoms with van der Waals surface area (Å²) in [6, 6.07) is 70.0. The number of fused-ring (bicyclic) bond motifs is 2. The fraction of sp³-hybridized carbons (Fsp3) is 0.